The molecule has 3 rings (SSSR count). The molecule has 2 heterocycles. The highest BCUT2D eigenvalue weighted by molar-refractivity contribution is 8.18. The third kappa shape index (κ3) is 4.38. The lowest BCUT2D eigenvalue weighted by atomic mass is 10.2. The van der Waals surface area contributed by atoms with Gasteiger partial charge in [0, 0.05) is 6.08 Å². The number of carbonyl (C=O) groups excluding carboxylic acids is 4. The van der Waals surface area contributed by atoms with Gasteiger partial charge >= 0.3 is 11.2 Å². The van der Waals surface area contributed by atoms with Crippen LogP contribution >= 0.6 is 23.5 Å². The maximum atomic E-state index is 12.0. The first kappa shape index (κ1) is 18.7. The smallest absolute Gasteiger partial charge is 0.337 e. The summed E-state index contributed by atoms with van der Waals surface area (Å²) in [5, 5.41) is 1.09. The largest absolute Gasteiger partial charge is 0.493 e. The van der Waals surface area contributed by atoms with Crippen LogP contribution in [0.3, 0.4) is 0 Å². The Morgan fingerprint density at radius 3 is 2.56 bits per heavy atom. The van der Waals surface area contributed by atoms with E-state index in [1.807, 2.05) is 5.32 Å². The lowest BCUT2D eigenvalue weighted by Crippen LogP contribution is -2.18. The van der Waals surface area contributed by atoms with E-state index in [1.54, 1.807) is 18.2 Å². The molecule has 1 aromatic rings. The van der Waals surface area contributed by atoms with Crippen molar-refractivity contribution < 1.29 is 28.7 Å². The van der Waals surface area contributed by atoms with E-state index in [0.29, 0.717) is 22.2 Å². The van der Waals surface area contributed by atoms with Crippen molar-refractivity contribution in [2.24, 2.45) is 10.7 Å². The zero-order valence-corrected chi connectivity index (χ0v) is 15.3. The van der Waals surface area contributed by atoms with Crippen molar-refractivity contribution in [1.82, 2.24) is 5.32 Å². The number of nitrogens with zero attached hydrogens (tertiary/aromatic N) is 1. The Bertz CT molecular complexity index is 967. The number of aliphatic imine (C=N–C) groups is 1. The normalized spacial score (nSPS) is 19.4. The zero-order valence-electron chi connectivity index (χ0n) is 13.7. The molecule has 3 amide bonds. The average molecular weight is 405 g/mol. The van der Waals surface area contributed by atoms with Crippen molar-refractivity contribution in [3.05, 3.63) is 39.6 Å². The van der Waals surface area contributed by atoms with Gasteiger partial charge in [0.15, 0.2) is 11.5 Å². The van der Waals surface area contributed by atoms with E-state index in [0.717, 1.165) is 17.8 Å². The number of amidine groups is 1. The summed E-state index contributed by atoms with van der Waals surface area (Å²) in [5.41, 5.74) is 6.31. The van der Waals surface area contributed by atoms with Crippen molar-refractivity contribution in [2.45, 2.75) is 0 Å². The number of rotatable bonds is 4. The number of amides is 3. The molecule has 2 aliphatic heterocycles. The lowest BCUT2D eigenvalue weighted by Gasteiger charge is -2.09. The summed E-state index contributed by atoms with van der Waals surface area (Å²) in [5.74, 6) is -0.986. The number of imide groups is 1. The first-order valence-electron chi connectivity index (χ1n) is 7.28. The van der Waals surface area contributed by atoms with E-state index >= 15 is 0 Å². The third-order valence-corrected chi connectivity index (χ3v) is 4.87. The highest BCUT2D eigenvalue weighted by Crippen LogP contribution is 2.32. The number of methoxy groups -OCH3 is 1. The quantitative estimate of drug-likeness (QED) is 0.438. The standard InChI is InChI=1S/C16H11N3O6S2/c1-24-9-4-7(5-10-13(17)18-15(22)26-10)2-3-8(9)25-12(20)6-11-14(21)19-16(23)27-11/h2-6H,1H3,(H2,17,18,22)(H,19,21,23). The maximum Gasteiger partial charge on any atom is 0.337 e. The summed E-state index contributed by atoms with van der Waals surface area (Å²) in [4.78, 5) is 49.9. The fourth-order valence-electron chi connectivity index (χ4n) is 2.10. The van der Waals surface area contributed by atoms with Crippen LogP contribution in [0.2, 0.25) is 0 Å². The SMILES string of the molecule is COc1cc(C=C2SC(=O)N=C2N)ccc1OC(=O)C=C1SC(=O)NC1=O. The summed E-state index contributed by atoms with van der Waals surface area (Å²) in [6, 6.07) is 4.70. The molecule has 0 atom stereocenters. The molecular formula is C16H11N3O6S2. The van der Waals surface area contributed by atoms with Crippen LogP contribution in [0.15, 0.2) is 39.1 Å². The fraction of sp³-hybridized carbons (Fsp3) is 0.0625. The summed E-state index contributed by atoms with van der Waals surface area (Å²) in [6.45, 7) is 0. The monoisotopic (exact) mass is 405 g/mol. The topological polar surface area (TPSA) is 137 Å². The molecule has 0 bridgehead atoms. The summed E-state index contributed by atoms with van der Waals surface area (Å²) < 4.78 is 10.4. The van der Waals surface area contributed by atoms with Crippen LogP contribution in [-0.4, -0.2) is 35.3 Å². The molecule has 0 radical (unpaired) electrons. The highest BCUT2D eigenvalue weighted by atomic mass is 32.2. The predicted octanol–water partition coefficient (Wildman–Crippen LogP) is 2.03. The second-order valence-corrected chi connectivity index (χ2v) is 7.07. The van der Waals surface area contributed by atoms with Gasteiger partial charge in [0.1, 0.15) is 5.84 Å². The minimum absolute atomic E-state index is 0.0528. The second-order valence-electron chi connectivity index (χ2n) is 5.06. The molecule has 1 saturated heterocycles. The second kappa shape index (κ2) is 7.68. The number of nitrogens with one attached hydrogen (secondary N) is 1. The van der Waals surface area contributed by atoms with Crippen molar-refractivity contribution in [1.29, 1.82) is 0 Å². The minimum Gasteiger partial charge on any atom is -0.493 e. The number of thioether (sulfide) groups is 2. The molecule has 9 nitrogen and oxygen atoms in total. The maximum absolute atomic E-state index is 12.0. The number of hydrogen-bond acceptors (Lipinski definition) is 9. The van der Waals surface area contributed by atoms with E-state index in [2.05, 4.69) is 4.99 Å². The number of esters is 1. The first-order valence-corrected chi connectivity index (χ1v) is 8.92. The number of benzene rings is 1. The number of ether oxygens (including phenoxy) is 2. The van der Waals surface area contributed by atoms with E-state index in [4.69, 9.17) is 15.2 Å². The molecule has 11 heteroatoms. The Hall–Kier alpha value is -3.05. The molecule has 27 heavy (non-hydrogen) atoms. The van der Waals surface area contributed by atoms with Gasteiger partial charge in [-0.2, -0.15) is 4.99 Å². The number of nitrogens with two attached hydrogens (primary N) is 1. The number of carbonyl (C=O) groups is 4. The Balaban J connectivity index is 1.78. The Labute approximate surface area is 161 Å². The Kier molecular flexibility index (Phi) is 5.33. The van der Waals surface area contributed by atoms with Gasteiger partial charge in [-0.15, -0.1) is 0 Å². The van der Waals surface area contributed by atoms with Gasteiger partial charge in [0.25, 0.3) is 11.1 Å². The van der Waals surface area contributed by atoms with E-state index in [1.165, 1.54) is 13.2 Å². The van der Waals surface area contributed by atoms with Gasteiger partial charge in [-0.25, -0.2) is 4.79 Å². The van der Waals surface area contributed by atoms with Crippen LogP contribution in [0, 0.1) is 0 Å². The first-order chi connectivity index (χ1) is 12.9. The summed E-state index contributed by atoms with van der Waals surface area (Å²) >= 11 is 1.52. The van der Waals surface area contributed by atoms with Gasteiger partial charge < -0.3 is 15.2 Å². The van der Waals surface area contributed by atoms with Crippen molar-refractivity contribution in [3.63, 3.8) is 0 Å². The molecule has 0 aromatic heterocycles. The van der Waals surface area contributed by atoms with E-state index < -0.39 is 22.4 Å². The average Bonchev–Trinajstić information content (AvgIpc) is 3.09. The van der Waals surface area contributed by atoms with Crippen molar-refractivity contribution >= 4 is 57.8 Å². The van der Waals surface area contributed by atoms with Crippen LogP contribution in [0.1, 0.15) is 5.56 Å². The minimum atomic E-state index is -0.833. The zero-order chi connectivity index (χ0) is 19.6. The van der Waals surface area contributed by atoms with Gasteiger partial charge in [0.2, 0.25) is 0 Å². The molecule has 0 aliphatic carbocycles. The molecule has 0 unspecified atom stereocenters. The van der Waals surface area contributed by atoms with Crippen molar-refractivity contribution in [3.8, 4) is 11.5 Å². The van der Waals surface area contributed by atoms with Crippen LogP contribution in [0.5, 0.6) is 11.5 Å². The van der Waals surface area contributed by atoms with Gasteiger partial charge in [-0.05, 0) is 47.3 Å². The summed E-state index contributed by atoms with van der Waals surface area (Å²) in [6.07, 6.45) is 2.58. The van der Waals surface area contributed by atoms with Crippen LogP contribution < -0.4 is 20.5 Å². The molecular weight excluding hydrogens is 394 g/mol. The lowest BCUT2D eigenvalue weighted by molar-refractivity contribution is -0.129. The molecule has 138 valence electrons. The fourth-order valence-corrected chi connectivity index (χ4v) is 3.42. The van der Waals surface area contributed by atoms with E-state index in [-0.39, 0.29) is 22.2 Å². The van der Waals surface area contributed by atoms with Crippen LogP contribution in [-0.2, 0) is 9.59 Å². The molecule has 0 spiro atoms. The van der Waals surface area contributed by atoms with Gasteiger partial charge in [0.05, 0.1) is 16.9 Å². The van der Waals surface area contributed by atoms with E-state index in [9.17, 15) is 19.2 Å². The highest BCUT2D eigenvalue weighted by Gasteiger charge is 2.26. The molecule has 0 saturated carbocycles. The molecule has 3 N–H and O–H groups in total. The van der Waals surface area contributed by atoms with Crippen LogP contribution in [0.25, 0.3) is 6.08 Å². The third-order valence-electron chi connectivity index (χ3n) is 3.25. The molecule has 2 aliphatic rings. The summed E-state index contributed by atoms with van der Waals surface area (Å²) in [7, 11) is 1.39. The van der Waals surface area contributed by atoms with Gasteiger partial charge in [-0.3, -0.25) is 19.7 Å². The predicted molar refractivity (Wildman–Crippen MR) is 100 cm³/mol. The van der Waals surface area contributed by atoms with Crippen LogP contribution in [0.4, 0.5) is 9.59 Å². The molecule has 1 fully saturated rings. The Morgan fingerprint density at radius 1 is 1.19 bits per heavy atom. The van der Waals surface area contributed by atoms with Gasteiger partial charge in [-0.1, -0.05) is 6.07 Å². The Morgan fingerprint density at radius 2 is 1.96 bits per heavy atom. The molecule has 1 aromatic carbocycles. The van der Waals surface area contributed by atoms with Crippen molar-refractivity contribution in [2.75, 3.05) is 7.11 Å². The number of hydrogen-bond donors (Lipinski definition) is 2.